The lowest BCUT2D eigenvalue weighted by Crippen LogP contribution is -2.37. The molecule has 48 heavy (non-hydrogen) atoms. The van der Waals surface area contributed by atoms with Gasteiger partial charge in [0, 0.05) is 63.4 Å². The highest BCUT2D eigenvalue weighted by molar-refractivity contribution is 6.31. The number of nitrogens with zero attached hydrogens (tertiary/aromatic N) is 3. The number of anilines is 4. The van der Waals surface area contributed by atoms with E-state index in [0.29, 0.717) is 0 Å². The maximum absolute atomic E-state index is 6.48. The summed E-state index contributed by atoms with van der Waals surface area (Å²) >= 11 is 13.0. The maximum Gasteiger partial charge on any atom is 0.0565 e. The SMILES string of the molecule is CN1/C(=C/C=C2\CCC(/C=C/C3N(C)c4ccc(Cl)cc4C3(C)C)=C2N(c2ccccc2)c2ccccc2)C(C)(C)c2cc(Cl)ccc21. The van der Waals surface area contributed by atoms with E-state index in [1.165, 1.54) is 45.0 Å². The molecule has 0 N–H and O–H groups in total. The molecule has 0 amide bonds. The summed E-state index contributed by atoms with van der Waals surface area (Å²) in [5.41, 5.74) is 12.2. The van der Waals surface area contributed by atoms with E-state index in [0.717, 1.165) is 34.3 Å². The summed E-state index contributed by atoms with van der Waals surface area (Å²) in [7, 11) is 4.36. The Kier molecular flexibility index (Phi) is 8.34. The Morgan fingerprint density at radius 2 is 1.29 bits per heavy atom. The number of likely N-dealkylation sites (N-methyl/N-ethyl adjacent to an activating group) is 2. The Bertz CT molecular complexity index is 1950. The van der Waals surface area contributed by atoms with E-state index < -0.39 is 0 Å². The largest absolute Gasteiger partial charge is 0.367 e. The van der Waals surface area contributed by atoms with Crippen LogP contribution in [0.25, 0.3) is 0 Å². The van der Waals surface area contributed by atoms with Crippen molar-refractivity contribution < 1.29 is 0 Å². The maximum atomic E-state index is 6.48. The minimum Gasteiger partial charge on any atom is -0.367 e. The number of fused-ring (bicyclic) bond motifs is 2. The van der Waals surface area contributed by atoms with Gasteiger partial charge in [-0.05, 0) is 102 Å². The molecule has 3 nitrogen and oxygen atoms in total. The summed E-state index contributed by atoms with van der Waals surface area (Å²) < 4.78 is 0. The second kappa shape index (κ2) is 12.4. The fourth-order valence-corrected chi connectivity index (χ4v) is 8.42. The van der Waals surface area contributed by atoms with E-state index >= 15 is 0 Å². The topological polar surface area (TPSA) is 9.72 Å². The van der Waals surface area contributed by atoms with Crippen molar-refractivity contribution in [3.63, 3.8) is 0 Å². The fourth-order valence-electron chi connectivity index (χ4n) is 8.08. The molecule has 0 bridgehead atoms. The summed E-state index contributed by atoms with van der Waals surface area (Å²) in [6.45, 7) is 9.24. The van der Waals surface area contributed by atoms with Crippen molar-refractivity contribution in [1.82, 2.24) is 0 Å². The second-order valence-electron chi connectivity index (χ2n) is 14.3. The van der Waals surface area contributed by atoms with Crippen molar-refractivity contribution in [2.75, 3.05) is 28.8 Å². The average molecular weight is 673 g/mol. The van der Waals surface area contributed by atoms with Crippen molar-refractivity contribution in [2.45, 2.75) is 57.4 Å². The molecule has 2 aliphatic heterocycles. The van der Waals surface area contributed by atoms with Crippen LogP contribution >= 0.6 is 23.2 Å². The highest BCUT2D eigenvalue weighted by atomic mass is 35.5. The predicted octanol–water partition coefficient (Wildman–Crippen LogP) is 11.8. The molecule has 0 fully saturated rings. The van der Waals surface area contributed by atoms with Gasteiger partial charge in [-0.2, -0.15) is 0 Å². The molecule has 0 saturated heterocycles. The van der Waals surface area contributed by atoms with Crippen LogP contribution in [0.15, 0.2) is 144 Å². The fraction of sp³-hybridized carbons (Fsp3) is 0.256. The monoisotopic (exact) mass is 671 g/mol. The van der Waals surface area contributed by atoms with Crippen molar-refractivity contribution in [2.24, 2.45) is 0 Å². The third kappa shape index (κ3) is 5.47. The first-order valence-corrected chi connectivity index (χ1v) is 17.5. The quantitative estimate of drug-likeness (QED) is 0.202. The molecule has 0 radical (unpaired) electrons. The third-order valence-electron chi connectivity index (χ3n) is 10.6. The van der Waals surface area contributed by atoms with Crippen LogP contribution in [0.5, 0.6) is 0 Å². The van der Waals surface area contributed by atoms with Crippen molar-refractivity contribution in [3.05, 3.63) is 165 Å². The summed E-state index contributed by atoms with van der Waals surface area (Å²) in [6, 6.07) is 34.2. The van der Waals surface area contributed by atoms with Crippen LogP contribution in [0.1, 0.15) is 51.7 Å². The molecule has 244 valence electrons. The Balaban J connectivity index is 1.36. The number of hydrogen-bond acceptors (Lipinski definition) is 3. The summed E-state index contributed by atoms with van der Waals surface area (Å²) in [4.78, 5) is 7.15. The molecule has 1 atom stereocenters. The molecule has 3 aliphatic rings. The summed E-state index contributed by atoms with van der Waals surface area (Å²) in [5, 5.41) is 1.56. The van der Waals surface area contributed by atoms with Crippen LogP contribution in [-0.2, 0) is 10.8 Å². The van der Waals surface area contributed by atoms with Gasteiger partial charge in [0.2, 0.25) is 0 Å². The van der Waals surface area contributed by atoms with Crippen LogP contribution < -0.4 is 14.7 Å². The molecule has 0 spiro atoms. The Morgan fingerprint density at radius 1 is 0.708 bits per heavy atom. The van der Waals surface area contributed by atoms with Gasteiger partial charge >= 0.3 is 0 Å². The van der Waals surface area contributed by atoms with Gasteiger partial charge in [0.15, 0.2) is 0 Å². The molecule has 1 aliphatic carbocycles. The Labute approximate surface area is 296 Å². The molecule has 7 rings (SSSR count). The van der Waals surface area contributed by atoms with E-state index in [4.69, 9.17) is 23.2 Å². The molecule has 0 aromatic heterocycles. The third-order valence-corrected chi connectivity index (χ3v) is 11.1. The molecule has 4 aromatic carbocycles. The Hall–Kier alpha value is -4.18. The minimum absolute atomic E-state index is 0.0943. The number of allylic oxidation sites excluding steroid dienone is 6. The van der Waals surface area contributed by atoms with E-state index in [1.807, 2.05) is 12.1 Å². The number of halogens is 2. The zero-order valence-electron chi connectivity index (χ0n) is 28.6. The highest BCUT2D eigenvalue weighted by Crippen LogP contribution is 2.49. The van der Waals surface area contributed by atoms with Gasteiger partial charge in [-0.1, -0.05) is 106 Å². The standard InChI is InChI=1S/C43H43Cl2N3/c1-42(2)35-27-31(44)21-23-37(35)46(5)39(42)25-19-29-17-18-30(20-26-40-43(3,4)36-28-32(45)22-24-38(36)47(40)6)41(29)48(33-13-9-7-10-14-33)34-15-11-8-12-16-34/h7-16,19-28,39H,17-18H2,1-6H3/b25-19+,30-20+,40-26+. The highest BCUT2D eigenvalue weighted by Gasteiger charge is 2.42. The molecule has 4 aromatic rings. The first-order valence-electron chi connectivity index (χ1n) is 16.8. The second-order valence-corrected chi connectivity index (χ2v) is 15.1. The molecule has 0 saturated carbocycles. The van der Waals surface area contributed by atoms with Gasteiger partial charge in [-0.15, -0.1) is 0 Å². The first-order chi connectivity index (χ1) is 23.0. The lowest BCUT2D eigenvalue weighted by atomic mass is 9.80. The minimum atomic E-state index is -0.174. The Morgan fingerprint density at radius 3 is 1.92 bits per heavy atom. The zero-order valence-corrected chi connectivity index (χ0v) is 30.1. The van der Waals surface area contributed by atoms with Crippen LogP contribution in [0, 0.1) is 0 Å². The van der Waals surface area contributed by atoms with Crippen LogP contribution in [0.3, 0.4) is 0 Å². The first kappa shape index (κ1) is 32.4. The zero-order chi connectivity index (χ0) is 33.8. The van der Waals surface area contributed by atoms with Gasteiger partial charge < -0.3 is 14.7 Å². The van der Waals surface area contributed by atoms with Crippen LogP contribution in [0.2, 0.25) is 10.0 Å². The average Bonchev–Trinajstić information content (AvgIpc) is 3.61. The summed E-state index contributed by atoms with van der Waals surface area (Å²) in [5.74, 6) is 0. The predicted molar refractivity (Wildman–Crippen MR) is 206 cm³/mol. The van der Waals surface area contributed by atoms with Gasteiger partial charge in [0.05, 0.1) is 11.7 Å². The van der Waals surface area contributed by atoms with Crippen LogP contribution in [-0.4, -0.2) is 20.1 Å². The van der Waals surface area contributed by atoms with Crippen molar-refractivity contribution >= 4 is 46.0 Å². The van der Waals surface area contributed by atoms with Crippen molar-refractivity contribution in [3.8, 4) is 0 Å². The van der Waals surface area contributed by atoms with E-state index in [9.17, 15) is 0 Å². The normalized spacial score (nSPS) is 21.1. The molecule has 2 heterocycles. The van der Waals surface area contributed by atoms with Gasteiger partial charge in [-0.25, -0.2) is 0 Å². The lowest BCUT2D eigenvalue weighted by molar-refractivity contribution is 0.487. The summed E-state index contributed by atoms with van der Waals surface area (Å²) in [6.07, 6.45) is 11.4. The molecule has 1 unspecified atom stereocenters. The molecular weight excluding hydrogens is 629 g/mol. The van der Waals surface area contributed by atoms with E-state index in [-0.39, 0.29) is 16.9 Å². The van der Waals surface area contributed by atoms with Crippen molar-refractivity contribution in [1.29, 1.82) is 0 Å². The van der Waals surface area contributed by atoms with E-state index in [1.54, 1.807) is 0 Å². The number of rotatable bonds is 6. The smallest absolute Gasteiger partial charge is 0.0565 e. The number of benzene rings is 4. The van der Waals surface area contributed by atoms with Gasteiger partial charge in [0.1, 0.15) is 0 Å². The molecular formula is C43H43Cl2N3. The van der Waals surface area contributed by atoms with Crippen LogP contribution in [0.4, 0.5) is 22.7 Å². The number of para-hydroxylation sites is 2. The number of hydrogen-bond donors (Lipinski definition) is 0. The lowest BCUT2D eigenvalue weighted by Gasteiger charge is -2.30. The van der Waals surface area contributed by atoms with Gasteiger partial charge in [0.25, 0.3) is 0 Å². The van der Waals surface area contributed by atoms with E-state index in [2.05, 4.69) is 166 Å². The molecule has 5 heteroatoms. The van der Waals surface area contributed by atoms with Gasteiger partial charge in [-0.3, -0.25) is 0 Å².